The summed E-state index contributed by atoms with van der Waals surface area (Å²) in [5, 5.41) is 22.0. The Hall–Kier alpha value is -1.96. The van der Waals surface area contributed by atoms with Gasteiger partial charge < -0.3 is 9.42 Å². The Kier molecular flexibility index (Phi) is 5.79. The van der Waals surface area contributed by atoms with Crippen molar-refractivity contribution < 1.29 is 4.52 Å². The molecule has 0 radical (unpaired) electrons. The van der Waals surface area contributed by atoms with Crippen molar-refractivity contribution in [3.8, 4) is 12.1 Å². The Morgan fingerprint density at radius 2 is 1.96 bits per heavy atom. The Morgan fingerprint density at radius 1 is 1.17 bits per heavy atom. The third-order valence-electron chi connectivity index (χ3n) is 4.72. The standard InChI is InChI=1S/C17H24N6O/c18-6-1-3-14(11-19)12-22-7-2-8-23(10-9-22)13-16-20-17(24-21-16)15-4-5-15/h14-15H,1-5,7-10,12-13H2/t14-/m1/s1. The SMILES string of the molecule is N#CCC[C@H](C#N)CN1CCCN(Cc2noc(C3CC3)n2)CC1. The van der Waals surface area contributed by atoms with Crippen molar-refractivity contribution in [2.45, 2.75) is 44.6 Å². The van der Waals surface area contributed by atoms with Crippen LogP contribution in [0.5, 0.6) is 0 Å². The summed E-state index contributed by atoms with van der Waals surface area (Å²) < 4.78 is 5.33. The summed E-state index contributed by atoms with van der Waals surface area (Å²) in [4.78, 5) is 9.21. The molecular formula is C17H24N6O. The van der Waals surface area contributed by atoms with Crippen molar-refractivity contribution in [1.29, 1.82) is 10.5 Å². The zero-order valence-corrected chi connectivity index (χ0v) is 14.0. The first-order valence-corrected chi connectivity index (χ1v) is 8.82. The summed E-state index contributed by atoms with van der Waals surface area (Å²) >= 11 is 0. The van der Waals surface area contributed by atoms with E-state index in [1.54, 1.807) is 0 Å². The Balaban J connectivity index is 1.45. The number of hydrogen-bond donors (Lipinski definition) is 0. The summed E-state index contributed by atoms with van der Waals surface area (Å²) in [5.41, 5.74) is 0. The molecule has 0 N–H and O–H groups in total. The minimum absolute atomic E-state index is 0.0468. The third-order valence-corrected chi connectivity index (χ3v) is 4.72. The Labute approximate surface area is 142 Å². The van der Waals surface area contributed by atoms with E-state index in [0.29, 0.717) is 18.8 Å². The molecule has 2 aliphatic rings. The second kappa shape index (κ2) is 8.23. The average molecular weight is 328 g/mol. The lowest BCUT2D eigenvalue weighted by molar-refractivity contribution is 0.232. The molecule has 1 aliphatic heterocycles. The van der Waals surface area contributed by atoms with Crippen molar-refractivity contribution in [1.82, 2.24) is 19.9 Å². The average Bonchev–Trinajstić information content (AvgIpc) is 3.37. The fourth-order valence-corrected chi connectivity index (χ4v) is 3.14. The second-order valence-corrected chi connectivity index (χ2v) is 6.78. The molecule has 0 aromatic carbocycles. The third kappa shape index (κ3) is 4.77. The summed E-state index contributed by atoms with van der Waals surface area (Å²) in [6.07, 6.45) is 4.54. The monoisotopic (exact) mass is 328 g/mol. The minimum atomic E-state index is -0.0468. The van der Waals surface area contributed by atoms with Gasteiger partial charge in [0.1, 0.15) is 0 Å². The van der Waals surface area contributed by atoms with Gasteiger partial charge in [-0.15, -0.1) is 0 Å². The zero-order chi connectivity index (χ0) is 16.8. The lowest BCUT2D eigenvalue weighted by Crippen LogP contribution is -2.33. The van der Waals surface area contributed by atoms with Crippen LogP contribution in [0, 0.1) is 28.6 Å². The highest BCUT2D eigenvalue weighted by Gasteiger charge is 2.30. The van der Waals surface area contributed by atoms with Gasteiger partial charge in [-0.2, -0.15) is 15.5 Å². The fourth-order valence-electron chi connectivity index (χ4n) is 3.14. The van der Waals surface area contributed by atoms with Crippen LogP contribution in [0.25, 0.3) is 0 Å². The molecule has 1 aliphatic carbocycles. The molecule has 1 aromatic rings. The number of hydrogen-bond acceptors (Lipinski definition) is 7. The van der Waals surface area contributed by atoms with E-state index >= 15 is 0 Å². The van der Waals surface area contributed by atoms with Crippen molar-refractivity contribution in [3.63, 3.8) is 0 Å². The van der Waals surface area contributed by atoms with Crippen molar-refractivity contribution in [2.24, 2.45) is 5.92 Å². The minimum Gasteiger partial charge on any atom is -0.339 e. The molecule has 128 valence electrons. The van der Waals surface area contributed by atoms with Gasteiger partial charge in [0.2, 0.25) is 5.89 Å². The smallest absolute Gasteiger partial charge is 0.229 e. The van der Waals surface area contributed by atoms with Gasteiger partial charge in [-0.25, -0.2) is 0 Å². The molecule has 1 saturated heterocycles. The molecule has 2 fully saturated rings. The Morgan fingerprint density at radius 3 is 2.71 bits per heavy atom. The quantitative estimate of drug-likeness (QED) is 0.754. The molecule has 24 heavy (non-hydrogen) atoms. The van der Waals surface area contributed by atoms with Gasteiger partial charge >= 0.3 is 0 Å². The molecule has 7 heteroatoms. The molecule has 3 rings (SSSR count). The summed E-state index contributed by atoms with van der Waals surface area (Å²) in [5.74, 6) is 2.04. The molecule has 7 nitrogen and oxygen atoms in total. The highest BCUT2D eigenvalue weighted by Crippen LogP contribution is 2.38. The van der Waals surface area contributed by atoms with Crippen molar-refractivity contribution in [3.05, 3.63) is 11.7 Å². The number of rotatable bonds is 7. The lowest BCUT2D eigenvalue weighted by atomic mass is 10.0. The maximum absolute atomic E-state index is 9.23. The van der Waals surface area contributed by atoms with Gasteiger partial charge in [0.05, 0.1) is 24.6 Å². The van der Waals surface area contributed by atoms with Gasteiger partial charge in [0, 0.05) is 32.0 Å². The maximum Gasteiger partial charge on any atom is 0.229 e. The molecule has 0 bridgehead atoms. The van der Waals surface area contributed by atoms with Crippen molar-refractivity contribution >= 4 is 0 Å². The van der Waals surface area contributed by atoms with E-state index in [1.807, 2.05) is 0 Å². The molecule has 1 saturated carbocycles. The predicted octanol–water partition coefficient (Wildman–Crippen LogP) is 1.90. The first-order valence-electron chi connectivity index (χ1n) is 8.82. The molecule has 0 amide bonds. The van der Waals surface area contributed by atoms with E-state index < -0.39 is 0 Å². The molecule has 2 heterocycles. The van der Waals surface area contributed by atoms with Gasteiger partial charge in [0.15, 0.2) is 5.82 Å². The van der Waals surface area contributed by atoms with Crippen LogP contribution in [0.1, 0.15) is 49.7 Å². The van der Waals surface area contributed by atoms with Crippen LogP contribution in [0.2, 0.25) is 0 Å². The normalized spacial score (nSPS) is 20.9. The van der Waals surface area contributed by atoms with Crippen LogP contribution in [0.3, 0.4) is 0 Å². The summed E-state index contributed by atoms with van der Waals surface area (Å²) in [6.45, 7) is 5.40. The second-order valence-electron chi connectivity index (χ2n) is 6.78. The summed E-state index contributed by atoms with van der Waals surface area (Å²) in [7, 11) is 0. The molecule has 1 atom stereocenters. The van der Waals surface area contributed by atoms with Crippen LogP contribution >= 0.6 is 0 Å². The van der Waals surface area contributed by atoms with Gasteiger partial charge in [-0.05, 0) is 38.8 Å². The largest absolute Gasteiger partial charge is 0.339 e. The number of nitriles is 2. The van der Waals surface area contributed by atoms with Gasteiger partial charge in [-0.1, -0.05) is 5.16 Å². The Bertz CT molecular complexity index is 611. The van der Waals surface area contributed by atoms with E-state index in [4.69, 9.17) is 9.78 Å². The van der Waals surface area contributed by atoms with E-state index in [1.165, 1.54) is 12.8 Å². The van der Waals surface area contributed by atoms with Crippen LogP contribution in [0.4, 0.5) is 0 Å². The van der Waals surface area contributed by atoms with Gasteiger partial charge in [-0.3, -0.25) is 4.90 Å². The predicted molar refractivity (Wildman–Crippen MR) is 86.6 cm³/mol. The van der Waals surface area contributed by atoms with Crippen LogP contribution < -0.4 is 0 Å². The molecule has 1 aromatic heterocycles. The highest BCUT2D eigenvalue weighted by molar-refractivity contribution is 5.01. The van der Waals surface area contributed by atoms with E-state index in [-0.39, 0.29) is 5.92 Å². The first kappa shape index (κ1) is 16.9. The first-order chi connectivity index (χ1) is 11.8. The zero-order valence-electron chi connectivity index (χ0n) is 14.0. The molecule has 0 unspecified atom stereocenters. The topological polar surface area (TPSA) is 93.0 Å². The highest BCUT2D eigenvalue weighted by atomic mass is 16.5. The van der Waals surface area contributed by atoms with Crippen molar-refractivity contribution in [2.75, 3.05) is 32.7 Å². The fraction of sp³-hybridized carbons (Fsp3) is 0.765. The number of aromatic nitrogens is 2. The van der Waals surface area contributed by atoms with Crippen LogP contribution in [-0.2, 0) is 6.54 Å². The van der Waals surface area contributed by atoms with E-state index in [9.17, 15) is 5.26 Å². The van der Waals surface area contributed by atoms with E-state index in [2.05, 4.69) is 32.1 Å². The number of nitrogens with zero attached hydrogens (tertiary/aromatic N) is 6. The van der Waals surface area contributed by atoms with E-state index in [0.717, 1.165) is 57.4 Å². The molecular weight excluding hydrogens is 304 g/mol. The van der Waals surface area contributed by atoms with Gasteiger partial charge in [0.25, 0.3) is 0 Å². The van der Waals surface area contributed by atoms with Crippen LogP contribution in [-0.4, -0.2) is 52.7 Å². The molecule has 0 spiro atoms. The lowest BCUT2D eigenvalue weighted by Gasteiger charge is -2.22. The summed E-state index contributed by atoms with van der Waals surface area (Å²) in [6, 6.07) is 4.47. The maximum atomic E-state index is 9.23. The van der Waals surface area contributed by atoms with Crippen LogP contribution in [0.15, 0.2) is 4.52 Å².